The Morgan fingerprint density at radius 2 is 2.16 bits per heavy atom. The van der Waals surface area contributed by atoms with E-state index in [2.05, 4.69) is 25.7 Å². The van der Waals surface area contributed by atoms with Crippen molar-refractivity contribution in [2.75, 3.05) is 0 Å². The molecule has 2 aromatic heterocycles. The summed E-state index contributed by atoms with van der Waals surface area (Å²) in [6.07, 6.45) is 6.17. The van der Waals surface area contributed by atoms with Gasteiger partial charge in [0.15, 0.2) is 5.82 Å². The van der Waals surface area contributed by atoms with E-state index in [-0.39, 0.29) is 0 Å². The number of aromatic nitrogens is 6. The van der Waals surface area contributed by atoms with Crippen molar-refractivity contribution in [3.63, 3.8) is 0 Å². The lowest BCUT2D eigenvalue weighted by molar-refractivity contribution is 0.307. The Hall–Kier alpha value is -1.44. The molecule has 0 radical (unpaired) electrons. The largest absolute Gasteiger partial charge is 0.338 e. The molecule has 0 unspecified atom stereocenters. The SMILES string of the molecule is Cc1noc(CSc2nnnn2C2CCCCC2)n1. The van der Waals surface area contributed by atoms with Crippen LogP contribution in [0.1, 0.15) is 49.9 Å². The number of nitrogens with zero attached hydrogens (tertiary/aromatic N) is 6. The van der Waals surface area contributed by atoms with E-state index in [9.17, 15) is 0 Å². The van der Waals surface area contributed by atoms with Gasteiger partial charge >= 0.3 is 0 Å². The van der Waals surface area contributed by atoms with Gasteiger partial charge in [-0.15, -0.1) is 5.10 Å². The van der Waals surface area contributed by atoms with Crippen molar-refractivity contribution in [3.8, 4) is 0 Å². The molecule has 1 aliphatic rings. The average molecular weight is 280 g/mol. The minimum absolute atomic E-state index is 0.440. The molecule has 0 saturated heterocycles. The van der Waals surface area contributed by atoms with Crippen molar-refractivity contribution in [1.29, 1.82) is 0 Å². The topological polar surface area (TPSA) is 82.5 Å². The van der Waals surface area contributed by atoms with Gasteiger partial charge in [-0.1, -0.05) is 36.2 Å². The highest BCUT2D eigenvalue weighted by Crippen LogP contribution is 2.30. The molecule has 1 fully saturated rings. The molecule has 0 amide bonds. The van der Waals surface area contributed by atoms with Crippen molar-refractivity contribution in [2.45, 2.75) is 56.0 Å². The van der Waals surface area contributed by atoms with Crippen LogP contribution in [0.5, 0.6) is 0 Å². The Kier molecular flexibility index (Phi) is 3.77. The van der Waals surface area contributed by atoms with Crippen LogP contribution in [-0.4, -0.2) is 30.3 Å². The molecule has 7 nitrogen and oxygen atoms in total. The highest BCUT2D eigenvalue weighted by atomic mass is 32.2. The van der Waals surface area contributed by atoms with Crippen LogP contribution in [0, 0.1) is 6.92 Å². The van der Waals surface area contributed by atoms with Crippen LogP contribution in [0.25, 0.3) is 0 Å². The summed E-state index contributed by atoms with van der Waals surface area (Å²) in [4.78, 5) is 4.18. The minimum Gasteiger partial charge on any atom is -0.338 e. The maximum absolute atomic E-state index is 5.09. The third-order valence-corrected chi connectivity index (χ3v) is 4.20. The van der Waals surface area contributed by atoms with Gasteiger partial charge in [0, 0.05) is 0 Å². The van der Waals surface area contributed by atoms with E-state index >= 15 is 0 Å². The number of aryl methyl sites for hydroxylation is 1. The van der Waals surface area contributed by atoms with Crippen LogP contribution in [-0.2, 0) is 5.75 Å². The van der Waals surface area contributed by atoms with Gasteiger partial charge in [-0.3, -0.25) is 0 Å². The van der Waals surface area contributed by atoms with Crippen LogP contribution >= 0.6 is 11.8 Å². The van der Waals surface area contributed by atoms with Gasteiger partial charge < -0.3 is 4.52 Å². The van der Waals surface area contributed by atoms with Crippen LogP contribution < -0.4 is 0 Å². The highest BCUT2D eigenvalue weighted by Gasteiger charge is 2.20. The molecule has 19 heavy (non-hydrogen) atoms. The van der Waals surface area contributed by atoms with Gasteiger partial charge in [-0.25, -0.2) is 4.68 Å². The molecule has 1 saturated carbocycles. The number of hydrogen-bond donors (Lipinski definition) is 0. The van der Waals surface area contributed by atoms with Crippen LogP contribution in [0.4, 0.5) is 0 Å². The van der Waals surface area contributed by atoms with Gasteiger partial charge in [-0.05, 0) is 30.2 Å². The van der Waals surface area contributed by atoms with Crippen molar-refractivity contribution in [3.05, 3.63) is 11.7 Å². The molecule has 2 aromatic rings. The van der Waals surface area contributed by atoms with Crippen LogP contribution in [0.15, 0.2) is 9.68 Å². The molecule has 102 valence electrons. The van der Waals surface area contributed by atoms with E-state index in [0.717, 1.165) is 18.0 Å². The van der Waals surface area contributed by atoms with Gasteiger partial charge in [0.25, 0.3) is 0 Å². The van der Waals surface area contributed by atoms with Crippen molar-refractivity contribution < 1.29 is 4.52 Å². The van der Waals surface area contributed by atoms with E-state index in [0.29, 0.717) is 23.5 Å². The first-order valence-electron chi connectivity index (χ1n) is 6.53. The van der Waals surface area contributed by atoms with E-state index in [1.54, 1.807) is 11.8 Å². The Labute approximate surface area is 115 Å². The molecule has 0 aromatic carbocycles. The third-order valence-electron chi connectivity index (χ3n) is 3.28. The summed E-state index contributed by atoms with van der Waals surface area (Å²) in [7, 11) is 0. The zero-order valence-corrected chi connectivity index (χ0v) is 11.6. The minimum atomic E-state index is 0.440. The normalized spacial score (nSPS) is 16.9. The number of hydrogen-bond acceptors (Lipinski definition) is 7. The van der Waals surface area contributed by atoms with Gasteiger partial charge in [0.1, 0.15) is 0 Å². The van der Waals surface area contributed by atoms with Gasteiger partial charge in [0.2, 0.25) is 11.0 Å². The molecule has 0 atom stereocenters. The van der Waals surface area contributed by atoms with Gasteiger partial charge in [0.05, 0.1) is 11.8 Å². The molecule has 8 heteroatoms. The summed E-state index contributed by atoms with van der Waals surface area (Å²) in [6, 6.07) is 0.440. The van der Waals surface area contributed by atoms with E-state index in [4.69, 9.17) is 4.52 Å². The fourth-order valence-electron chi connectivity index (χ4n) is 2.36. The summed E-state index contributed by atoms with van der Waals surface area (Å²) in [5, 5.41) is 16.6. The number of tetrazole rings is 1. The smallest absolute Gasteiger partial charge is 0.237 e. The van der Waals surface area contributed by atoms with Crippen molar-refractivity contribution >= 4 is 11.8 Å². The lowest BCUT2D eigenvalue weighted by Gasteiger charge is -2.21. The maximum atomic E-state index is 5.09. The molecule has 0 spiro atoms. The predicted molar refractivity (Wildman–Crippen MR) is 68.5 cm³/mol. The maximum Gasteiger partial charge on any atom is 0.237 e. The standard InChI is InChI=1S/C11H16N6OS/c1-8-12-10(18-14-8)7-19-11-13-15-16-17(11)9-5-3-2-4-6-9/h9H,2-7H2,1H3. The fraction of sp³-hybridized carbons (Fsp3) is 0.727. The number of thioether (sulfide) groups is 1. The molecular formula is C11H16N6OS. The molecule has 0 bridgehead atoms. The fourth-order valence-corrected chi connectivity index (χ4v) is 3.14. The summed E-state index contributed by atoms with van der Waals surface area (Å²) in [6.45, 7) is 1.81. The summed E-state index contributed by atoms with van der Waals surface area (Å²) >= 11 is 1.54. The summed E-state index contributed by atoms with van der Waals surface area (Å²) in [5.74, 6) is 1.87. The Morgan fingerprint density at radius 3 is 2.89 bits per heavy atom. The van der Waals surface area contributed by atoms with E-state index < -0.39 is 0 Å². The molecule has 1 aliphatic carbocycles. The second-order valence-corrected chi connectivity index (χ2v) is 5.66. The summed E-state index contributed by atoms with van der Waals surface area (Å²) in [5.41, 5.74) is 0. The number of rotatable bonds is 4. The molecule has 0 aliphatic heterocycles. The van der Waals surface area contributed by atoms with Crippen LogP contribution in [0.3, 0.4) is 0 Å². The second-order valence-electron chi connectivity index (χ2n) is 4.72. The summed E-state index contributed by atoms with van der Waals surface area (Å²) < 4.78 is 7.04. The van der Waals surface area contributed by atoms with Crippen molar-refractivity contribution in [2.24, 2.45) is 0 Å². The predicted octanol–water partition coefficient (Wildman–Crippen LogP) is 2.16. The lowest BCUT2D eigenvalue weighted by Crippen LogP contribution is -2.15. The monoisotopic (exact) mass is 280 g/mol. The molecular weight excluding hydrogens is 264 g/mol. The highest BCUT2D eigenvalue weighted by molar-refractivity contribution is 7.98. The Balaban J connectivity index is 1.66. The third kappa shape index (κ3) is 2.94. The molecule has 3 rings (SSSR count). The van der Waals surface area contributed by atoms with Crippen molar-refractivity contribution in [1.82, 2.24) is 30.3 Å². The van der Waals surface area contributed by atoms with Gasteiger partial charge in [-0.2, -0.15) is 4.98 Å². The van der Waals surface area contributed by atoms with E-state index in [1.807, 2.05) is 11.6 Å². The Bertz CT molecular complexity index is 533. The zero-order valence-electron chi connectivity index (χ0n) is 10.8. The molecule has 0 N–H and O–H groups in total. The van der Waals surface area contributed by atoms with E-state index in [1.165, 1.54) is 19.3 Å². The zero-order chi connectivity index (χ0) is 13.1. The first kappa shape index (κ1) is 12.6. The first-order chi connectivity index (χ1) is 9.33. The quantitative estimate of drug-likeness (QED) is 0.793. The Morgan fingerprint density at radius 1 is 1.32 bits per heavy atom. The first-order valence-corrected chi connectivity index (χ1v) is 7.51. The lowest BCUT2D eigenvalue weighted by atomic mass is 9.96. The second kappa shape index (κ2) is 5.68. The molecule has 2 heterocycles. The average Bonchev–Trinajstić information content (AvgIpc) is 3.06. The van der Waals surface area contributed by atoms with Crippen LogP contribution in [0.2, 0.25) is 0 Å².